The van der Waals surface area contributed by atoms with E-state index in [0.717, 1.165) is 5.56 Å². The molecular weight excluding hydrogens is 272 g/mol. The van der Waals surface area contributed by atoms with Gasteiger partial charge in [0, 0.05) is 16.1 Å². The van der Waals surface area contributed by atoms with Gasteiger partial charge in [-0.2, -0.15) is 0 Å². The van der Waals surface area contributed by atoms with Crippen LogP contribution in [0.25, 0.3) is 17.1 Å². The van der Waals surface area contributed by atoms with Crippen LogP contribution in [0.4, 0.5) is 0 Å². The molecule has 0 saturated carbocycles. The highest BCUT2D eigenvalue weighted by atomic mass is 32.2. The van der Waals surface area contributed by atoms with Gasteiger partial charge in [0.25, 0.3) is 0 Å². The van der Waals surface area contributed by atoms with Crippen LogP contribution < -0.4 is 4.90 Å². The van der Waals surface area contributed by atoms with Crippen molar-refractivity contribution in [3.05, 3.63) is 64.2 Å². The van der Waals surface area contributed by atoms with Crippen LogP contribution in [-0.2, 0) is 0 Å². The number of benzene rings is 2. The van der Waals surface area contributed by atoms with Gasteiger partial charge in [0.1, 0.15) is 0 Å². The molecule has 0 fully saturated rings. The van der Waals surface area contributed by atoms with Crippen LogP contribution in [0.5, 0.6) is 0 Å². The number of hydrogen-bond acceptors (Lipinski definition) is 4. The second kappa shape index (κ2) is 5.38. The van der Waals surface area contributed by atoms with Gasteiger partial charge in [0.2, 0.25) is 11.0 Å². The molecule has 0 radical (unpaired) electrons. The standard InChI is InChI=1S/C15H12N2O2S/c1-11-2-5-13(6-3-11)20-9-8-12-4-7-14-15(10-12)17(18)19-16-14/h2-10H,1H3/b9-8-. The average Bonchev–Trinajstić information content (AvgIpc) is 2.83. The minimum Gasteiger partial charge on any atom is -0.359 e. The first kappa shape index (κ1) is 12.7. The number of aryl methyl sites for hydroxylation is 1. The molecule has 0 aliphatic rings. The van der Waals surface area contributed by atoms with Gasteiger partial charge in [0.15, 0.2) is 0 Å². The number of rotatable bonds is 3. The average molecular weight is 284 g/mol. The summed E-state index contributed by atoms with van der Waals surface area (Å²) < 4.78 is 4.54. The molecule has 0 bridgehead atoms. The first-order chi connectivity index (χ1) is 9.72. The number of thioether (sulfide) groups is 1. The molecule has 100 valence electrons. The zero-order valence-corrected chi connectivity index (χ0v) is 11.6. The van der Waals surface area contributed by atoms with Gasteiger partial charge in [-0.3, -0.25) is 4.63 Å². The summed E-state index contributed by atoms with van der Waals surface area (Å²) in [6.07, 6.45) is 1.96. The van der Waals surface area contributed by atoms with Gasteiger partial charge in [-0.25, -0.2) is 0 Å². The van der Waals surface area contributed by atoms with Crippen LogP contribution in [0.15, 0.2) is 57.4 Å². The van der Waals surface area contributed by atoms with Crippen molar-refractivity contribution in [3.63, 3.8) is 0 Å². The summed E-state index contributed by atoms with van der Waals surface area (Å²) in [4.78, 5) is 1.59. The lowest BCUT2D eigenvalue weighted by Gasteiger charge is -1.97. The highest BCUT2D eigenvalue weighted by Gasteiger charge is 2.08. The maximum absolute atomic E-state index is 11.3. The lowest BCUT2D eigenvalue weighted by molar-refractivity contribution is -0.782. The number of nitrogens with zero attached hydrogens (tertiary/aromatic N) is 2. The highest BCUT2D eigenvalue weighted by Crippen LogP contribution is 2.21. The lowest BCUT2D eigenvalue weighted by atomic mass is 10.2. The third-order valence-corrected chi connectivity index (χ3v) is 3.71. The van der Waals surface area contributed by atoms with E-state index in [1.54, 1.807) is 23.9 Å². The molecule has 1 heterocycles. The SMILES string of the molecule is Cc1ccc(S/C=C\c2ccc3no[n+]([O-])c3c2)cc1. The second-order valence-corrected chi connectivity index (χ2v) is 5.39. The van der Waals surface area contributed by atoms with E-state index in [-0.39, 0.29) is 0 Å². The van der Waals surface area contributed by atoms with Gasteiger partial charge >= 0.3 is 0 Å². The molecule has 0 saturated heterocycles. The van der Waals surface area contributed by atoms with Crippen molar-refractivity contribution in [2.24, 2.45) is 0 Å². The van der Waals surface area contributed by atoms with Crippen molar-refractivity contribution >= 4 is 28.9 Å². The second-order valence-electron chi connectivity index (χ2n) is 4.41. The van der Waals surface area contributed by atoms with Crippen molar-refractivity contribution in [2.45, 2.75) is 11.8 Å². The van der Waals surface area contributed by atoms with Crippen LogP contribution in [0.1, 0.15) is 11.1 Å². The van der Waals surface area contributed by atoms with Crippen LogP contribution in [0.2, 0.25) is 0 Å². The molecular formula is C15H12N2O2S. The Kier molecular flexibility index (Phi) is 3.43. The minimum absolute atomic E-state index is 0.416. The summed E-state index contributed by atoms with van der Waals surface area (Å²) in [5.41, 5.74) is 3.18. The Labute approximate surface area is 120 Å². The van der Waals surface area contributed by atoms with E-state index < -0.39 is 0 Å². The summed E-state index contributed by atoms with van der Waals surface area (Å²) in [6.45, 7) is 2.07. The Morgan fingerprint density at radius 3 is 2.80 bits per heavy atom. The first-order valence-electron chi connectivity index (χ1n) is 6.12. The molecule has 1 aromatic heterocycles. The summed E-state index contributed by atoms with van der Waals surface area (Å²) in [6, 6.07) is 13.8. The minimum atomic E-state index is 0.416. The van der Waals surface area contributed by atoms with Crippen LogP contribution >= 0.6 is 11.8 Å². The van der Waals surface area contributed by atoms with E-state index in [1.807, 2.05) is 17.6 Å². The van der Waals surface area contributed by atoms with E-state index in [0.29, 0.717) is 15.9 Å². The van der Waals surface area contributed by atoms with Gasteiger partial charge in [-0.1, -0.05) is 35.5 Å². The molecule has 0 N–H and O–H groups in total. The Hall–Kier alpha value is -2.27. The zero-order valence-electron chi connectivity index (χ0n) is 10.8. The molecule has 0 aliphatic heterocycles. The fraction of sp³-hybridized carbons (Fsp3) is 0.0667. The Morgan fingerprint density at radius 1 is 1.20 bits per heavy atom. The van der Waals surface area contributed by atoms with Gasteiger partial charge in [-0.15, -0.1) is 0 Å². The van der Waals surface area contributed by atoms with E-state index in [9.17, 15) is 5.21 Å². The molecule has 3 aromatic rings. The van der Waals surface area contributed by atoms with Crippen molar-refractivity contribution in [1.82, 2.24) is 5.16 Å². The van der Waals surface area contributed by atoms with Crippen molar-refractivity contribution in [1.29, 1.82) is 0 Å². The molecule has 0 unspecified atom stereocenters. The molecule has 5 heteroatoms. The van der Waals surface area contributed by atoms with Crippen LogP contribution in [0.3, 0.4) is 0 Å². The summed E-state index contributed by atoms with van der Waals surface area (Å²) in [7, 11) is 0. The van der Waals surface area contributed by atoms with Crippen LogP contribution in [0, 0.1) is 12.1 Å². The van der Waals surface area contributed by atoms with Gasteiger partial charge < -0.3 is 5.21 Å². The summed E-state index contributed by atoms with van der Waals surface area (Å²) >= 11 is 1.63. The third kappa shape index (κ3) is 2.67. The van der Waals surface area contributed by atoms with E-state index >= 15 is 0 Å². The normalized spacial score (nSPS) is 11.4. The lowest BCUT2D eigenvalue weighted by Crippen LogP contribution is -2.22. The van der Waals surface area contributed by atoms with Crippen LogP contribution in [-0.4, -0.2) is 5.16 Å². The Bertz CT molecular complexity index is 763. The fourth-order valence-corrected chi connectivity index (χ4v) is 2.48. The molecule has 0 aliphatic carbocycles. The Balaban J connectivity index is 1.76. The molecule has 0 amide bonds. The Morgan fingerprint density at radius 2 is 2.00 bits per heavy atom. The van der Waals surface area contributed by atoms with Gasteiger partial charge in [0.05, 0.1) is 0 Å². The predicted octanol–water partition coefficient (Wildman–Crippen LogP) is 3.53. The predicted molar refractivity (Wildman–Crippen MR) is 79.0 cm³/mol. The number of aromatic nitrogens is 2. The van der Waals surface area contributed by atoms with Crippen molar-refractivity contribution < 1.29 is 9.53 Å². The van der Waals surface area contributed by atoms with E-state index in [4.69, 9.17) is 0 Å². The molecule has 3 rings (SSSR count). The maximum Gasteiger partial charge on any atom is 0.248 e. The van der Waals surface area contributed by atoms with Gasteiger partial charge in [-0.05, 0) is 47.1 Å². The quantitative estimate of drug-likeness (QED) is 0.545. The topological polar surface area (TPSA) is 53.0 Å². The molecule has 20 heavy (non-hydrogen) atoms. The monoisotopic (exact) mass is 284 g/mol. The molecule has 4 nitrogen and oxygen atoms in total. The molecule has 0 atom stereocenters. The third-order valence-electron chi connectivity index (χ3n) is 2.90. The van der Waals surface area contributed by atoms with E-state index in [1.165, 1.54) is 10.5 Å². The summed E-state index contributed by atoms with van der Waals surface area (Å²) in [5, 5.41) is 17.0. The van der Waals surface area contributed by atoms with E-state index in [2.05, 4.69) is 41.0 Å². The van der Waals surface area contributed by atoms with Crippen molar-refractivity contribution in [2.75, 3.05) is 0 Å². The zero-order chi connectivity index (χ0) is 13.9. The smallest absolute Gasteiger partial charge is 0.248 e. The van der Waals surface area contributed by atoms with Crippen molar-refractivity contribution in [3.8, 4) is 0 Å². The number of hydrogen-bond donors (Lipinski definition) is 0. The maximum atomic E-state index is 11.3. The largest absolute Gasteiger partial charge is 0.359 e. The first-order valence-corrected chi connectivity index (χ1v) is 7.00. The fourth-order valence-electron chi connectivity index (χ4n) is 1.80. The summed E-state index contributed by atoms with van der Waals surface area (Å²) in [5.74, 6) is 0. The number of fused-ring (bicyclic) bond motifs is 1. The molecule has 0 spiro atoms. The molecule has 2 aromatic carbocycles. The highest BCUT2D eigenvalue weighted by molar-refractivity contribution is 8.02.